The number of amides is 3. The lowest BCUT2D eigenvalue weighted by atomic mass is 9.95. The lowest BCUT2D eigenvalue weighted by Gasteiger charge is -2.29. The summed E-state index contributed by atoms with van der Waals surface area (Å²) in [5.74, 6) is -0.372. The summed E-state index contributed by atoms with van der Waals surface area (Å²) in [6.07, 6.45) is 1.84. The lowest BCUT2D eigenvalue weighted by molar-refractivity contribution is -0.136. The molecule has 0 bridgehead atoms. The normalized spacial score (nSPS) is 24.2. The molecule has 0 spiro atoms. The van der Waals surface area contributed by atoms with Crippen molar-refractivity contribution in [3.8, 4) is 5.75 Å². The minimum atomic E-state index is -0.668. The SMILES string of the molecule is CC(C)O[C@@H]1CN(Cc2cc(F)c3nc(C4CCOCC4)ccc3c2)C[C@H]1Oc1ccc2c(c1)CN([C@H]1CCC(=O)NC1=O)C2=O. The van der Waals surface area contributed by atoms with Gasteiger partial charge in [0.25, 0.3) is 5.91 Å². The summed E-state index contributed by atoms with van der Waals surface area (Å²) < 4.78 is 33.6. The predicted octanol–water partition coefficient (Wildman–Crippen LogP) is 4.09. The van der Waals surface area contributed by atoms with Gasteiger partial charge in [-0.2, -0.15) is 0 Å². The Bertz CT molecular complexity index is 1670. The van der Waals surface area contributed by atoms with Gasteiger partial charge in [-0.1, -0.05) is 6.07 Å². The molecule has 3 amide bonds. The van der Waals surface area contributed by atoms with Crippen LogP contribution >= 0.6 is 0 Å². The number of hydrogen-bond donors (Lipinski definition) is 1. The summed E-state index contributed by atoms with van der Waals surface area (Å²) in [4.78, 5) is 45.6. The zero-order valence-electron chi connectivity index (χ0n) is 26.2. The molecule has 3 atom stereocenters. The van der Waals surface area contributed by atoms with Crippen molar-refractivity contribution < 1.29 is 33.0 Å². The number of hydrogen-bond acceptors (Lipinski definition) is 8. The van der Waals surface area contributed by atoms with Crippen molar-refractivity contribution in [3.63, 3.8) is 0 Å². The molecule has 3 saturated heterocycles. The van der Waals surface area contributed by atoms with Crippen LogP contribution in [-0.2, 0) is 32.2 Å². The van der Waals surface area contributed by atoms with Crippen molar-refractivity contribution in [1.82, 2.24) is 20.1 Å². The number of nitrogens with zero attached hydrogens (tertiary/aromatic N) is 3. The van der Waals surface area contributed by atoms with E-state index in [1.54, 1.807) is 18.2 Å². The maximum Gasteiger partial charge on any atom is 0.255 e. The molecule has 1 N–H and O–H groups in total. The zero-order valence-corrected chi connectivity index (χ0v) is 26.2. The molecule has 242 valence electrons. The van der Waals surface area contributed by atoms with Crippen LogP contribution in [0.2, 0.25) is 0 Å². The van der Waals surface area contributed by atoms with E-state index in [2.05, 4.69) is 10.2 Å². The van der Waals surface area contributed by atoms with Gasteiger partial charge < -0.3 is 19.1 Å². The van der Waals surface area contributed by atoms with Crippen molar-refractivity contribution in [3.05, 3.63) is 70.7 Å². The van der Waals surface area contributed by atoms with Crippen LogP contribution in [0.15, 0.2) is 42.5 Å². The van der Waals surface area contributed by atoms with Crippen LogP contribution in [0.1, 0.15) is 72.6 Å². The fraction of sp³-hybridized carbons (Fsp3) is 0.486. The molecule has 0 unspecified atom stereocenters. The summed E-state index contributed by atoms with van der Waals surface area (Å²) in [5, 5.41) is 3.12. The summed E-state index contributed by atoms with van der Waals surface area (Å²) >= 11 is 0. The van der Waals surface area contributed by atoms with Gasteiger partial charge >= 0.3 is 0 Å². The smallest absolute Gasteiger partial charge is 0.255 e. The first-order chi connectivity index (χ1) is 22.2. The Balaban J connectivity index is 1.04. The third-order valence-electron chi connectivity index (χ3n) is 9.39. The van der Waals surface area contributed by atoms with Gasteiger partial charge in [0.1, 0.15) is 35.3 Å². The molecule has 2 aromatic carbocycles. The van der Waals surface area contributed by atoms with Crippen molar-refractivity contribution in [2.75, 3.05) is 26.3 Å². The molecule has 0 radical (unpaired) electrons. The van der Waals surface area contributed by atoms with E-state index >= 15 is 4.39 Å². The molecule has 0 aliphatic carbocycles. The van der Waals surface area contributed by atoms with Gasteiger partial charge in [0.05, 0.1) is 6.10 Å². The molecular formula is C35H39FN4O6. The van der Waals surface area contributed by atoms with Gasteiger partial charge in [-0.05, 0) is 80.6 Å². The number of benzene rings is 2. The predicted molar refractivity (Wildman–Crippen MR) is 167 cm³/mol. The van der Waals surface area contributed by atoms with Crippen LogP contribution in [0.5, 0.6) is 5.75 Å². The number of carbonyl (C=O) groups is 3. The third-order valence-corrected chi connectivity index (χ3v) is 9.39. The molecule has 4 aliphatic rings. The molecule has 3 fully saturated rings. The van der Waals surface area contributed by atoms with E-state index in [0.717, 1.165) is 35.0 Å². The number of ether oxygens (including phenoxy) is 3. The molecular weight excluding hydrogens is 591 g/mol. The van der Waals surface area contributed by atoms with Gasteiger partial charge in [-0.3, -0.25) is 24.6 Å². The van der Waals surface area contributed by atoms with Gasteiger partial charge in [0.15, 0.2) is 0 Å². The number of aromatic nitrogens is 1. The van der Waals surface area contributed by atoms with Gasteiger partial charge in [0.2, 0.25) is 11.8 Å². The lowest BCUT2D eigenvalue weighted by Crippen LogP contribution is -2.52. The molecule has 7 rings (SSSR count). The van der Waals surface area contributed by atoms with Crippen LogP contribution in [0.25, 0.3) is 10.9 Å². The van der Waals surface area contributed by atoms with Gasteiger partial charge in [-0.25, -0.2) is 9.37 Å². The molecule has 1 aromatic heterocycles. The largest absolute Gasteiger partial charge is 0.486 e. The number of likely N-dealkylation sites (tertiary alicyclic amines) is 1. The fourth-order valence-electron chi connectivity index (χ4n) is 7.18. The number of piperidine rings is 1. The van der Waals surface area contributed by atoms with E-state index in [4.69, 9.17) is 19.2 Å². The molecule has 5 heterocycles. The minimum Gasteiger partial charge on any atom is -0.486 e. The number of carbonyl (C=O) groups excluding carboxylic acids is 3. The maximum atomic E-state index is 15.4. The average molecular weight is 631 g/mol. The summed E-state index contributed by atoms with van der Waals surface area (Å²) in [5.41, 5.74) is 3.51. The standard InChI is InChI=1S/C35H39FN4O6/c1-20(2)45-30-18-39(16-21-13-23-3-6-28(22-9-11-44-12-10-22)37-33(23)27(36)14-21)19-31(30)46-25-4-5-26-24(15-25)17-40(35(26)43)29-7-8-32(41)38-34(29)42/h3-6,13-15,20,22,29-31H,7-12,16-19H2,1-2H3,(H,38,41,42)/t29-,30+,31+/m0/s1. The summed E-state index contributed by atoms with van der Waals surface area (Å²) in [6, 6.07) is 12.3. The number of pyridine rings is 1. The third kappa shape index (κ3) is 6.23. The maximum absolute atomic E-state index is 15.4. The molecule has 10 nitrogen and oxygen atoms in total. The zero-order chi connectivity index (χ0) is 31.9. The first-order valence-corrected chi connectivity index (χ1v) is 16.2. The van der Waals surface area contributed by atoms with Crippen LogP contribution < -0.4 is 10.1 Å². The second kappa shape index (κ2) is 12.7. The Morgan fingerprint density at radius 2 is 1.83 bits per heavy atom. The molecule has 0 saturated carbocycles. The number of imide groups is 1. The quantitative estimate of drug-likeness (QED) is 0.371. The van der Waals surface area contributed by atoms with E-state index in [9.17, 15) is 14.4 Å². The van der Waals surface area contributed by atoms with E-state index in [0.29, 0.717) is 62.0 Å². The van der Waals surface area contributed by atoms with Crippen LogP contribution in [0.4, 0.5) is 4.39 Å². The first kappa shape index (κ1) is 30.7. The van der Waals surface area contributed by atoms with Gasteiger partial charge in [0, 0.05) is 68.4 Å². The Morgan fingerprint density at radius 3 is 2.61 bits per heavy atom. The second-order valence-corrected chi connectivity index (χ2v) is 13.1. The number of nitrogens with one attached hydrogen (secondary N) is 1. The Hall–Kier alpha value is -3.93. The first-order valence-electron chi connectivity index (χ1n) is 16.2. The fourth-order valence-corrected chi connectivity index (χ4v) is 7.18. The monoisotopic (exact) mass is 630 g/mol. The minimum absolute atomic E-state index is 0.00937. The van der Waals surface area contributed by atoms with E-state index in [-0.39, 0.29) is 48.9 Å². The molecule has 11 heteroatoms. The van der Waals surface area contributed by atoms with Crippen molar-refractivity contribution >= 4 is 28.6 Å². The van der Waals surface area contributed by atoms with E-state index in [1.807, 2.05) is 38.1 Å². The second-order valence-electron chi connectivity index (χ2n) is 13.1. The molecule has 3 aromatic rings. The molecule has 4 aliphatic heterocycles. The Kier molecular flexibility index (Phi) is 8.48. The van der Waals surface area contributed by atoms with Gasteiger partial charge in [-0.15, -0.1) is 0 Å². The van der Waals surface area contributed by atoms with Crippen LogP contribution in [-0.4, -0.2) is 83.2 Å². The van der Waals surface area contributed by atoms with E-state index < -0.39 is 11.9 Å². The van der Waals surface area contributed by atoms with E-state index in [1.165, 1.54) is 4.90 Å². The van der Waals surface area contributed by atoms with Crippen LogP contribution in [0, 0.1) is 5.82 Å². The Labute approximate surface area is 267 Å². The topological polar surface area (TPSA) is 110 Å². The highest BCUT2D eigenvalue weighted by molar-refractivity contribution is 6.05. The van der Waals surface area contributed by atoms with Crippen LogP contribution in [0.3, 0.4) is 0 Å². The number of halogens is 1. The van der Waals surface area contributed by atoms with Crippen molar-refractivity contribution in [2.45, 2.75) is 82.9 Å². The summed E-state index contributed by atoms with van der Waals surface area (Å²) in [7, 11) is 0. The highest BCUT2D eigenvalue weighted by Crippen LogP contribution is 2.33. The average Bonchev–Trinajstić information content (AvgIpc) is 3.55. The van der Waals surface area contributed by atoms with Crippen molar-refractivity contribution in [1.29, 1.82) is 0 Å². The summed E-state index contributed by atoms with van der Waals surface area (Å²) in [6.45, 7) is 7.42. The Morgan fingerprint density at radius 1 is 1.02 bits per heavy atom. The molecule has 46 heavy (non-hydrogen) atoms. The van der Waals surface area contributed by atoms with Crippen molar-refractivity contribution in [2.24, 2.45) is 0 Å². The number of fused-ring (bicyclic) bond motifs is 2. The highest BCUT2D eigenvalue weighted by Gasteiger charge is 2.40. The number of rotatable bonds is 8. The highest BCUT2D eigenvalue weighted by atomic mass is 19.1.